The molecule has 106 valence electrons. The fourth-order valence-corrected chi connectivity index (χ4v) is 2.32. The molecule has 0 bridgehead atoms. The van der Waals surface area contributed by atoms with Crippen LogP contribution in [0.4, 0.5) is 0 Å². The van der Waals surface area contributed by atoms with Gasteiger partial charge in [-0.15, -0.1) is 0 Å². The third-order valence-electron chi connectivity index (χ3n) is 2.57. The number of rotatable bonds is 7. The molecule has 20 heavy (non-hydrogen) atoms. The largest absolute Gasteiger partial charge is 0.489 e. The summed E-state index contributed by atoms with van der Waals surface area (Å²) in [6, 6.07) is 17.0. The first kappa shape index (κ1) is 14.6. The SMILES string of the molecule is COC[PH](=O)Oc1ccc(OCc2ccccc2)cc1. The molecule has 2 aromatic carbocycles. The maximum Gasteiger partial charge on any atom is 0.261 e. The van der Waals surface area contributed by atoms with E-state index in [0.29, 0.717) is 12.4 Å². The molecule has 0 aliphatic carbocycles. The van der Waals surface area contributed by atoms with Crippen molar-refractivity contribution in [3.8, 4) is 11.5 Å². The van der Waals surface area contributed by atoms with Crippen LogP contribution in [-0.4, -0.2) is 13.5 Å². The lowest BCUT2D eigenvalue weighted by molar-refractivity contribution is 0.244. The van der Waals surface area contributed by atoms with Crippen LogP contribution in [0.15, 0.2) is 54.6 Å². The Morgan fingerprint density at radius 2 is 1.60 bits per heavy atom. The summed E-state index contributed by atoms with van der Waals surface area (Å²) < 4.78 is 27.1. The monoisotopic (exact) mass is 292 g/mol. The molecule has 0 aliphatic rings. The molecule has 5 heteroatoms. The number of hydrogen-bond acceptors (Lipinski definition) is 4. The first-order valence-electron chi connectivity index (χ1n) is 6.24. The van der Waals surface area contributed by atoms with E-state index in [9.17, 15) is 4.57 Å². The van der Waals surface area contributed by atoms with Gasteiger partial charge in [0.15, 0.2) is 0 Å². The normalized spacial score (nSPS) is 11.8. The molecule has 2 aromatic rings. The van der Waals surface area contributed by atoms with Gasteiger partial charge in [-0.05, 0) is 29.8 Å². The smallest absolute Gasteiger partial charge is 0.261 e. The van der Waals surface area contributed by atoms with Gasteiger partial charge in [0.2, 0.25) is 0 Å². The van der Waals surface area contributed by atoms with Crippen molar-refractivity contribution in [3.05, 3.63) is 60.2 Å². The van der Waals surface area contributed by atoms with Gasteiger partial charge in [-0.25, -0.2) is 0 Å². The van der Waals surface area contributed by atoms with Crippen LogP contribution in [0.3, 0.4) is 0 Å². The van der Waals surface area contributed by atoms with Gasteiger partial charge in [-0.3, -0.25) is 4.57 Å². The van der Waals surface area contributed by atoms with Crippen LogP contribution in [-0.2, 0) is 15.9 Å². The van der Waals surface area contributed by atoms with Crippen LogP contribution >= 0.6 is 8.03 Å². The van der Waals surface area contributed by atoms with Crippen molar-refractivity contribution in [3.63, 3.8) is 0 Å². The zero-order valence-electron chi connectivity index (χ0n) is 11.2. The molecule has 0 fully saturated rings. The third-order valence-corrected chi connectivity index (χ3v) is 3.55. The van der Waals surface area contributed by atoms with Gasteiger partial charge < -0.3 is 14.0 Å². The molecule has 0 amide bonds. The van der Waals surface area contributed by atoms with Crippen molar-refractivity contribution in [1.82, 2.24) is 0 Å². The van der Waals surface area contributed by atoms with E-state index in [-0.39, 0.29) is 6.35 Å². The quantitative estimate of drug-likeness (QED) is 0.729. The van der Waals surface area contributed by atoms with Crippen LogP contribution in [0.2, 0.25) is 0 Å². The third kappa shape index (κ3) is 4.72. The summed E-state index contributed by atoms with van der Waals surface area (Å²) in [6.45, 7) is 0.515. The number of ether oxygens (including phenoxy) is 2. The van der Waals surface area contributed by atoms with Crippen LogP contribution in [0.1, 0.15) is 5.56 Å². The number of methoxy groups -OCH3 is 1. The van der Waals surface area contributed by atoms with E-state index >= 15 is 0 Å². The highest BCUT2D eigenvalue weighted by Gasteiger charge is 2.02. The Hall–Kier alpha value is -1.77. The zero-order chi connectivity index (χ0) is 14.2. The molecule has 1 unspecified atom stereocenters. The summed E-state index contributed by atoms with van der Waals surface area (Å²) in [5, 5.41) is 0. The Balaban J connectivity index is 1.87. The first-order chi connectivity index (χ1) is 9.78. The maximum absolute atomic E-state index is 11.4. The highest BCUT2D eigenvalue weighted by atomic mass is 31.1. The Morgan fingerprint density at radius 3 is 2.25 bits per heavy atom. The second-order valence-corrected chi connectivity index (χ2v) is 5.39. The van der Waals surface area contributed by atoms with E-state index in [1.165, 1.54) is 7.11 Å². The second kappa shape index (κ2) is 7.73. The number of hydrogen-bond donors (Lipinski definition) is 0. The summed E-state index contributed by atoms with van der Waals surface area (Å²) in [5.74, 6) is 1.30. The van der Waals surface area contributed by atoms with Crippen molar-refractivity contribution < 1.29 is 18.6 Å². The van der Waals surface area contributed by atoms with Crippen molar-refractivity contribution in [2.24, 2.45) is 0 Å². The molecule has 0 saturated carbocycles. The lowest BCUT2D eigenvalue weighted by Gasteiger charge is -2.08. The molecule has 4 nitrogen and oxygen atoms in total. The second-order valence-electron chi connectivity index (χ2n) is 4.15. The molecule has 0 N–H and O–H groups in total. The summed E-state index contributed by atoms with van der Waals surface area (Å²) in [6.07, 6.45) is 0.122. The molecule has 0 radical (unpaired) electrons. The molecular formula is C15H17O4P. The Morgan fingerprint density at radius 1 is 0.950 bits per heavy atom. The highest BCUT2D eigenvalue weighted by molar-refractivity contribution is 7.39. The number of benzene rings is 2. The summed E-state index contributed by atoms with van der Waals surface area (Å²) >= 11 is 0. The fourth-order valence-electron chi connectivity index (χ4n) is 1.62. The van der Waals surface area contributed by atoms with Crippen molar-refractivity contribution in [1.29, 1.82) is 0 Å². The molecule has 2 rings (SSSR count). The van der Waals surface area contributed by atoms with Gasteiger partial charge in [0.05, 0.1) is 0 Å². The minimum atomic E-state index is -2.17. The Bertz CT molecular complexity index is 540. The van der Waals surface area contributed by atoms with Crippen molar-refractivity contribution >= 4 is 8.03 Å². The first-order valence-corrected chi connectivity index (χ1v) is 7.76. The molecule has 0 aliphatic heterocycles. The molecule has 0 aromatic heterocycles. The molecule has 0 saturated heterocycles. The van der Waals surface area contributed by atoms with Gasteiger partial charge in [-0.2, -0.15) is 0 Å². The van der Waals surface area contributed by atoms with Crippen LogP contribution < -0.4 is 9.26 Å². The minimum Gasteiger partial charge on any atom is -0.489 e. The van der Waals surface area contributed by atoms with E-state index in [1.54, 1.807) is 24.3 Å². The average Bonchev–Trinajstić information content (AvgIpc) is 2.48. The van der Waals surface area contributed by atoms with E-state index in [1.807, 2.05) is 30.3 Å². The van der Waals surface area contributed by atoms with E-state index < -0.39 is 8.03 Å². The van der Waals surface area contributed by atoms with Gasteiger partial charge in [0.25, 0.3) is 8.03 Å². The average molecular weight is 292 g/mol. The predicted octanol–water partition coefficient (Wildman–Crippen LogP) is 3.72. The van der Waals surface area contributed by atoms with E-state index in [2.05, 4.69) is 0 Å². The lowest BCUT2D eigenvalue weighted by Crippen LogP contribution is -1.94. The van der Waals surface area contributed by atoms with Crippen molar-refractivity contribution in [2.75, 3.05) is 13.5 Å². The minimum absolute atomic E-state index is 0.122. The van der Waals surface area contributed by atoms with Crippen molar-refractivity contribution in [2.45, 2.75) is 6.61 Å². The molecule has 0 heterocycles. The fraction of sp³-hybridized carbons (Fsp3) is 0.200. The van der Waals surface area contributed by atoms with Crippen LogP contribution in [0.5, 0.6) is 11.5 Å². The molecular weight excluding hydrogens is 275 g/mol. The predicted molar refractivity (Wildman–Crippen MR) is 78.7 cm³/mol. The Labute approximate surface area is 119 Å². The van der Waals surface area contributed by atoms with Gasteiger partial charge >= 0.3 is 0 Å². The van der Waals surface area contributed by atoms with Gasteiger partial charge in [-0.1, -0.05) is 30.3 Å². The lowest BCUT2D eigenvalue weighted by atomic mass is 10.2. The molecule has 0 spiro atoms. The van der Waals surface area contributed by atoms with E-state index in [0.717, 1.165) is 11.3 Å². The summed E-state index contributed by atoms with van der Waals surface area (Å²) in [5.41, 5.74) is 1.11. The summed E-state index contributed by atoms with van der Waals surface area (Å²) in [7, 11) is -0.681. The maximum atomic E-state index is 11.4. The highest BCUT2D eigenvalue weighted by Crippen LogP contribution is 2.28. The Kier molecular flexibility index (Phi) is 5.66. The topological polar surface area (TPSA) is 44.8 Å². The van der Waals surface area contributed by atoms with Gasteiger partial charge in [0.1, 0.15) is 24.5 Å². The van der Waals surface area contributed by atoms with Gasteiger partial charge in [0, 0.05) is 7.11 Å². The van der Waals surface area contributed by atoms with Crippen LogP contribution in [0.25, 0.3) is 0 Å². The standard InChI is InChI=1S/C15H17O4P/c1-17-12-20(16)19-15-9-7-14(8-10-15)18-11-13-5-3-2-4-6-13/h2-10,20H,11-12H2,1H3. The van der Waals surface area contributed by atoms with Crippen LogP contribution in [0, 0.1) is 0 Å². The summed E-state index contributed by atoms with van der Waals surface area (Å²) in [4.78, 5) is 0. The zero-order valence-corrected chi connectivity index (χ0v) is 12.2. The molecule has 1 atom stereocenters. The van der Waals surface area contributed by atoms with E-state index in [4.69, 9.17) is 14.0 Å².